The van der Waals surface area contributed by atoms with Crippen LogP contribution in [0.3, 0.4) is 0 Å². The Bertz CT molecular complexity index is 727. The topological polar surface area (TPSA) is 79.5 Å². The Balaban J connectivity index is 1.83. The predicted octanol–water partition coefficient (Wildman–Crippen LogP) is 3.27. The fourth-order valence-corrected chi connectivity index (χ4v) is 2.21. The molecular formula is C20H25N3O3. The number of amides is 2. The Morgan fingerprint density at radius 3 is 2.19 bits per heavy atom. The van der Waals surface area contributed by atoms with Crippen LogP contribution in [0.1, 0.15) is 30.6 Å². The molecule has 6 heteroatoms. The standard InChI is InChI=1S/C20H25N3O3/c1-4-14(2)22-20(25)15-5-7-16(8-6-15)21-13-19(24)23-17-9-11-18(26-3)12-10-17/h5-12,14,21H,4,13H2,1-3H3,(H,22,25)(H,23,24). The molecule has 2 aromatic rings. The fraction of sp³-hybridized carbons (Fsp3) is 0.300. The van der Waals surface area contributed by atoms with E-state index in [2.05, 4.69) is 16.0 Å². The number of rotatable bonds is 8. The van der Waals surface area contributed by atoms with Crippen LogP contribution in [0, 0.1) is 0 Å². The first kappa shape index (κ1) is 19.3. The molecule has 0 radical (unpaired) electrons. The number of ether oxygens (including phenoxy) is 1. The summed E-state index contributed by atoms with van der Waals surface area (Å²) < 4.78 is 5.08. The second-order valence-electron chi connectivity index (χ2n) is 5.99. The van der Waals surface area contributed by atoms with Crippen LogP contribution in [0.15, 0.2) is 48.5 Å². The first-order valence-electron chi connectivity index (χ1n) is 8.60. The molecule has 0 saturated heterocycles. The van der Waals surface area contributed by atoms with E-state index < -0.39 is 0 Å². The minimum atomic E-state index is -0.159. The molecule has 0 heterocycles. The fourth-order valence-electron chi connectivity index (χ4n) is 2.21. The van der Waals surface area contributed by atoms with Crippen LogP contribution < -0.4 is 20.7 Å². The van der Waals surface area contributed by atoms with Gasteiger partial charge in [-0.1, -0.05) is 6.92 Å². The number of hydrogen-bond donors (Lipinski definition) is 3. The zero-order valence-corrected chi connectivity index (χ0v) is 15.3. The number of anilines is 2. The monoisotopic (exact) mass is 355 g/mol. The van der Waals surface area contributed by atoms with E-state index in [0.717, 1.165) is 17.9 Å². The number of benzene rings is 2. The molecule has 1 unspecified atom stereocenters. The van der Waals surface area contributed by atoms with Crippen LogP contribution in [0.4, 0.5) is 11.4 Å². The van der Waals surface area contributed by atoms with E-state index >= 15 is 0 Å². The molecule has 0 fully saturated rings. The summed E-state index contributed by atoms with van der Waals surface area (Å²) in [6, 6.07) is 14.3. The van der Waals surface area contributed by atoms with Crippen molar-refractivity contribution in [3.05, 3.63) is 54.1 Å². The highest BCUT2D eigenvalue weighted by Crippen LogP contribution is 2.15. The summed E-state index contributed by atoms with van der Waals surface area (Å²) in [5.74, 6) is 0.482. The van der Waals surface area contributed by atoms with E-state index in [4.69, 9.17) is 4.74 Å². The van der Waals surface area contributed by atoms with Crippen molar-refractivity contribution in [2.75, 3.05) is 24.3 Å². The molecule has 0 saturated carbocycles. The second kappa shape index (κ2) is 9.46. The molecule has 0 aromatic heterocycles. The van der Waals surface area contributed by atoms with Crippen molar-refractivity contribution in [1.82, 2.24) is 5.32 Å². The van der Waals surface area contributed by atoms with E-state index in [0.29, 0.717) is 11.3 Å². The molecule has 0 aliphatic rings. The maximum Gasteiger partial charge on any atom is 0.251 e. The van der Waals surface area contributed by atoms with Gasteiger partial charge >= 0.3 is 0 Å². The minimum Gasteiger partial charge on any atom is -0.497 e. The van der Waals surface area contributed by atoms with Gasteiger partial charge in [0.25, 0.3) is 5.91 Å². The molecule has 0 aliphatic carbocycles. The molecule has 1 atom stereocenters. The van der Waals surface area contributed by atoms with Crippen molar-refractivity contribution in [3.63, 3.8) is 0 Å². The highest BCUT2D eigenvalue weighted by atomic mass is 16.5. The Hall–Kier alpha value is -3.02. The maximum absolute atomic E-state index is 12.0. The zero-order valence-electron chi connectivity index (χ0n) is 15.3. The molecule has 0 aliphatic heterocycles. The van der Waals surface area contributed by atoms with Crippen molar-refractivity contribution >= 4 is 23.2 Å². The lowest BCUT2D eigenvalue weighted by Crippen LogP contribution is -2.31. The van der Waals surface area contributed by atoms with E-state index in [-0.39, 0.29) is 24.4 Å². The second-order valence-corrected chi connectivity index (χ2v) is 5.99. The Labute approximate surface area is 153 Å². The summed E-state index contributed by atoms with van der Waals surface area (Å²) in [4.78, 5) is 24.0. The van der Waals surface area contributed by atoms with Gasteiger partial charge in [-0.05, 0) is 61.9 Å². The van der Waals surface area contributed by atoms with Crippen LogP contribution in [-0.2, 0) is 4.79 Å². The van der Waals surface area contributed by atoms with Crippen molar-refractivity contribution in [1.29, 1.82) is 0 Å². The lowest BCUT2D eigenvalue weighted by molar-refractivity contribution is -0.114. The Morgan fingerprint density at radius 2 is 1.62 bits per heavy atom. The average Bonchev–Trinajstić information content (AvgIpc) is 2.67. The summed E-state index contributed by atoms with van der Waals surface area (Å²) >= 11 is 0. The Morgan fingerprint density at radius 1 is 1.00 bits per heavy atom. The van der Waals surface area contributed by atoms with Gasteiger partial charge in [-0.3, -0.25) is 9.59 Å². The van der Waals surface area contributed by atoms with Crippen LogP contribution in [-0.4, -0.2) is 31.5 Å². The van der Waals surface area contributed by atoms with Crippen molar-refractivity contribution in [2.24, 2.45) is 0 Å². The highest BCUT2D eigenvalue weighted by molar-refractivity contribution is 5.95. The van der Waals surface area contributed by atoms with Gasteiger partial charge in [-0.15, -0.1) is 0 Å². The smallest absolute Gasteiger partial charge is 0.251 e. The van der Waals surface area contributed by atoms with Gasteiger partial charge in [0.2, 0.25) is 5.91 Å². The first-order valence-corrected chi connectivity index (χ1v) is 8.60. The molecule has 138 valence electrons. The van der Waals surface area contributed by atoms with Gasteiger partial charge < -0.3 is 20.7 Å². The first-order chi connectivity index (χ1) is 12.5. The molecule has 2 aromatic carbocycles. The van der Waals surface area contributed by atoms with E-state index in [9.17, 15) is 9.59 Å². The third-order valence-electron chi connectivity index (χ3n) is 3.96. The number of carbonyl (C=O) groups is 2. The lowest BCUT2D eigenvalue weighted by Gasteiger charge is -2.12. The van der Waals surface area contributed by atoms with Crippen LogP contribution in [0.2, 0.25) is 0 Å². The zero-order chi connectivity index (χ0) is 18.9. The van der Waals surface area contributed by atoms with Crippen LogP contribution in [0.25, 0.3) is 0 Å². The number of nitrogens with one attached hydrogen (secondary N) is 3. The third kappa shape index (κ3) is 5.81. The average molecular weight is 355 g/mol. The predicted molar refractivity (Wildman–Crippen MR) is 104 cm³/mol. The van der Waals surface area contributed by atoms with E-state index in [1.165, 1.54) is 0 Å². The molecule has 2 rings (SSSR count). The molecule has 0 spiro atoms. The van der Waals surface area contributed by atoms with E-state index in [1.807, 2.05) is 13.8 Å². The molecular weight excluding hydrogens is 330 g/mol. The summed E-state index contributed by atoms with van der Waals surface area (Å²) in [6.45, 7) is 4.12. The third-order valence-corrected chi connectivity index (χ3v) is 3.96. The van der Waals surface area contributed by atoms with Gasteiger partial charge in [-0.2, -0.15) is 0 Å². The normalized spacial score (nSPS) is 11.3. The number of hydrogen-bond acceptors (Lipinski definition) is 4. The molecule has 2 amide bonds. The maximum atomic E-state index is 12.0. The molecule has 0 bridgehead atoms. The summed E-state index contributed by atoms with van der Waals surface area (Å²) in [5, 5.41) is 8.76. The molecule has 3 N–H and O–H groups in total. The van der Waals surface area contributed by atoms with Gasteiger partial charge in [-0.25, -0.2) is 0 Å². The van der Waals surface area contributed by atoms with Crippen molar-refractivity contribution < 1.29 is 14.3 Å². The number of methoxy groups -OCH3 is 1. The number of carbonyl (C=O) groups excluding carboxylic acids is 2. The van der Waals surface area contributed by atoms with E-state index in [1.54, 1.807) is 55.6 Å². The van der Waals surface area contributed by atoms with Crippen LogP contribution >= 0.6 is 0 Å². The molecule has 26 heavy (non-hydrogen) atoms. The summed E-state index contributed by atoms with van der Waals surface area (Å²) in [6.07, 6.45) is 0.884. The quantitative estimate of drug-likeness (QED) is 0.679. The lowest BCUT2D eigenvalue weighted by atomic mass is 10.1. The molecule has 6 nitrogen and oxygen atoms in total. The summed E-state index contributed by atoms with van der Waals surface area (Å²) in [7, 11) is 1.59. The Kier molecular flexibility index (Phi) is 7.02. The van der Waals surface area contributed by atoms with Gasteiger partial charge in [0, 0.05) is 23.0 Å². The largest absolute Gasteiger partial charge is 0.497 e. The van der Waals surface area contributed by atoms with Gasteiger partial charge in [0.05, 0.1) is 13.7 Å². The van der Waals surface area contributed by atoms with Crippen molar-refractivity contribution in [3.8, 4) is 5.75 Å². The van der Waals surface area contributed by atoms with Crippen LogP contribution in [0.5, 0.6) is 5.75 Å². The van der Waals surface area contributed by atoms with Gasteiger partial charge in [0.1, 0.15) is 5.75 Å². The van der Waals surface area contributed by atoms with Crippen molar-refractivity contribution in [2.45, 2.75) is 26.3 Å². The summed E-state index contributed by atoms with van der Waals surface area (Å²) in [5.41, 5.74) is 2.07. The highest BCUT2D eigenvalue weighted by Gasteiger charge is 2.08. The van der Waals surface area contributed by atoms with Gasteiger partial charge in [0.15, 0.2) is 0 Å². The minimum absolute atomic E-state index is 0.0943. The SMILES string of the molecule is CCC(C)NC(=O)c1ccc(NCC(=O)Nc2ccc(OC)cc2)cc1.